The zero-order valence-electron chi connectivity index (χ0n) is 11.6. The number of carbonyl (C=O) groups excluding carboxylic acids is 2. The lowest BCUT2D eigenvalue weighted by molar-refractivity contribution is -0.136. The molecule has 1 fully saturated rings. The number of amides is 2. The number of rotatable bonds is 1. The molecule has 20 heavy (non-hydrogen) atoms. The van der Waals surface area contributed by atoms with Crippen LogP contribution in [0.15, 0.2) is 29.6 Å². The third-order valence-corrected chi connectivity index (χ3v) is 4.57. The fourth-order valence-electron chi connectivity index (χ4n) is 2.50. The van der Waals surface area contributed by atoms with Gasteiger partial charge in [0.1, 0.15) is 11.6 Å². The van der Waals surface area contributed by atoms with Crippen molar-refractivity contribution in [2.75, 3.05) is 4.90 Å². The fourth-order valence-corrected chi connectivity index (χ4v) is 3.28. The molecule has 0 bridgehead atoms. The third-order valence-electron chi connectivity index (χ3n) is 3.67. The summed E-state index contributed by atoms with van der Waals surface area (Å²) in [7, 11) is 0. The van der Waals surface area contributed by atoms with Gasteiger partial charge in [0.15, 0.2) is 0 Å². The normalized spacial score (nSPS) is 22.1. The zero-order valence-corrected chi connectivity index (χ0v) is 12.5. The first-order chi connectivity index (χ1) is 9.40. The van der Waals surface area contributed by atoms with E-state index in [0.29, 0.717) is 0 Å². The van der Waals surface area contributed by atoms with E-state index in [1.165, 1.54) is 4.70 Å². The molecule has 1 N–H and O–H groups in total. The summed E-state index contributed by atoms with van der Waals surface area (Å²) in [6, 6.07) is 7.39. The summed E-state index contributed by atoms with van der Waals surface area (Å²) < 4.78 is 1.18. The van der Waals surface area contributed by atoms with Gasteiger partial charge in [-0.05, 0) is 55.8 Å². The first-order valence-electron chi connectivity index (χ1n) is 6.53. The number of anilines is 1. The quantitative estimate of drug-likeness (QED) is 0.876. The highest BCUT2D eigenvalue weighted by Gasteiger charge is 2.44. The second-order valence-electron chi connectivity index (χ2n) is 5.61. The van der Waals surface area contributed by atoms with Gasteiger partial charge in [0.25, 0.3) is 5.91 Å². The number of hydrogen-bond donors (Lipinski definition) is 1. The van der Waals surface area contributed by atoms with Crippen LogP contribution in [0.1, 0.15) is 20.8 Å². The van der Waals surface area contributed by atoms with E-state index in [4.69, 9.17) is 0 Å². The van der Waals surface area contributed by atoms with E-state index >= 15 is 0 Å². The Balaban J connectivity index is 2.09. The van der Waals surface area contributed by atoms with Crippen LogP contribution in [0.5, 0.6) is 0 Å². The van der Waals surface area contributed by atoms with Crippen LogP contribution >= 0.6 is 11.3 Å². The Morgan fingerprint density at radius 1 is 1.25 bits per heavy atom. The average molecular weight is 288 g/mol. The number of fused-ring (bicyclic) bond motifs is 1. The van der Waals surface area contributed by atoms with Crippen LogP contribution in [0, 0.1) is 0 Å². The Bertz CT molecular complexity index is 705. The van der Waals surface area contributed by atoms with Gasteiger partial charge in [0.05, 0.1) is 0 Å². The zero-order chi connectivity index (χ0) is 14.5. The Morgan fingerprint density at radius 2 is 2.00 bits per heavy atom. The smallest absolute Gasteiger partial charge is 0.252 e. The minimum Gasteiger partial charge on any atom is -0.340 e. The van der Waals surface area contributed by atoms with E-state index in [-0.39, 0.29) is 11.8 Å². The molecule has 0 radical (unpaired) electrons. The summed E-state index contributed by atoms with van der Waals surface area (Å²) in [5.74, 6) is -0.209. The predicted octanol–water partition coefficient (Wildman–Crippen LogP) is 2.53. The number of nitrogens with one attached hydrogen (secondary N) is 1. The molecule has 3 rings (SSSR count). The van der Waals surface area contributed by atoms with Crippen molar-refractivity contribution < 1.29 is 9.59 Å². The van der Waals surface area contributed by atoms with Gasteiger partial charge in [-0.15, -0.1) is 11.3 Å². The van der Waals surface area contributed by atoms with Crippen molar-refractivity contribution in [1.29, 1.82) is 0 Å². The van der Waals surface area contributed by atoms with Crippen molar-refractivity contribution in [3.63, 3.8) is 0 Å². The molecule has 1 atom stereocenters. The van der Waals surface area contributed by atoms with Crippen LogP contribution in [0.25, 0.3) is 10.1 Å². The molecule has 0 saturated carbocycles. The van der Waals surface area contributed by atoms with E-state index in [0.717, 1.165) is 11.1 Å². The predicted molar refractivity (Wildman–Crippen MR) is 81.0 cm³/mol. The largest absolute Gasteiger partial charge is 0.340 e. The maximum absolute atomic E-state index is 12.6. The molecule has 104 valence electrons. The minimum absolute atomic E-state index is 0.0841. The molecular weight excluding hydrogens is 272 g/mol. The first-order valence-corrected chi connectivity index (χ1v) is 7.41. The molecule has 1 aliphatic rings. The van der Waals surface area contributed by atoms with Gasteiger partial charge in [-0.1, -0.05) is 0 Å². The van der Waals surface area contributed by atoms with Crippen LogP contribution in [0.2, 0.25) is 0 Å². The van der Waals surface area contributed by atoms with Gasteiger partial charge < -0.3 is 5.32 Å². The Morgan fingerprint density at radius 3 is 2.75 bits per heavy atom. The lowest BCUT2D eigenvalue weighted by Gasteiger charge is -2.41. The van der Waals surface area contributed by atoms with Crippen LogP contribution in [0.4, 0.5) is 5.69 Å². The second-order valence-corrected chi connectivity index (χ2v) is 6.56. The number of carbonyl (C=O) groups is 2. The molecule has 0 aliphatic carbocycles. The highest BCUT2D eigenvalue weighted by Crippen LogP contribution is 2.30. The van der Waals surface area contributed by atoms with E-state index in [1.807, 2.05) is 29.6 Å². The molecule has 1 saturated heterocycles. The Kier molecular flexibility index (Phi) is 2.83. The van der Waals surface area contributed by atoms with Crippen molar-refractivity contribution in [2.45, 2.75) is 32.4 Å². The molecule has 0 spiro atoms. The minimum atomic E-state index is -0.868. The van der Waals surface area contributed by atoms with Crippen molar-refractivity contribution >= 4 is 38.9 Å². The maximum Gasteiger partial charge on any atom is 0.252 e. The summed E-state index contributed by atoms with van der Waals surface area (Å²) in [4.78, 5) is 26.2. The van der Waals surface area contributed by atoms with E-state index in [1.54, 1.807) is 37.0 Å². The number of nitrogens with zero attached hydrogens (tertiary/aromatic N) is 1. The molecule has 1 aromatic heterocycles. The Hall–Kier alpha value is -1.88. The van der Waals surface area contributed by atoms with E-state index in [9.17, 15) is 9.59 Å². The SMILES string of the molecule is CC1C(=O)NC(C)(C)C(=O)N1c1ccc2sccc2c1. The van der Waals surface area contributed by atoms with E-state index < -0.39 is 11.6 Å². The van der Waals surface area contributed by atoms with Gasteiger partial charge in [0, 0.05) is 10.4 Å². The van der Waals surface area contributed by atoms with Crippen LogP contribution in [-0.4, -0.2) is 23.4 Å². The third kappa shape index (κ3) is 1.89. The molecule has 4 nitrogen and oxygen atoms in total. The Labute approximate surface area is 121 Å². The standard InChI is InChI=1S/C15H16N2O2S/c1-9-13(18)16-15(2,3)14(19)17(9)11-4-5-12-10(8-11)6-7-20-12/h4-9H,1-3H3,(H,16,18). The van der Waals surface area contributed by atoms with Gasteiger partial charge in [-0.2, -0.15) is 0 Å². The number of hydrogen-bond acceptors (Lipinski definition) is 3. The number of thiophene rings is 1. The van der Waals surface area contributed by atoms with Crippen molar-refractivity contribution in [3.05, 3.63) is 29.6 Å². The van der Waals surface area contributed by atoms with Gasteiger partial charge >= 0.3 is 0 Å². The number of benzene rings is 1. The molecular formula is C15H16N2O2S. The molecule has 1 aliphatic heterocycles. The van der Waals surface area contributed by atoms with Crippen LogP contribution in [-0.2, 0) is 9.59 Å². The molecule has 2 aromatic rings. The second kappa shape index (κ2) is 4.31. The van der Waals surface area contributed by atoms with Gasteiger partial charge in [-0.3, -0.25) is 14.5 Å². The summed E-state index contributed by atoms with van der Waals surface area (Å²) in [5, 5.41) is 5.87. The first kappa shape index (κ1) is 13.1. The van der Waals surface area contributed by atoms with Gasteiger partial charge in [0.2, 0.25) is 5.91 Å². The van der Waals surface area contributed by atoms with Crippen molar-refractivity contribution in [1.82, 2.24) is 5.32 Å². The lowest BCUT2D eigenvalue weighted by atomic mass is 9.96. The average Bonchev–Trinajstić information content (AvgIpc) is 2.84. The molecule has 1 aromatic carbocycles. The molecule has 2 amide bonds. The summed E-state index contributed by atoms with van der Waals surface area (Å²) in [6.07, 6.45) is 0. The highest BCUT2D eigenvalue weighted by molar-refractivity contribution is 7.17. The molecule has 2 heterocycles. The number of piperazine rings is 1. The highest BCUT2D eigenvalue weighted by atomic mass is 32.1. The molecule has 5 heteroatoms. The lowest BCUT2D eigenvalue weighted by Crippen LogP contribution is -2.67. The molecule has 1 unspecified atom stereocenters. The van der Waals surface area contributed by atoms with Crippen molar-refractivity contribution in [2.24, 2.45) is 0 Å². The monoisotopic (exact) mass is 288 g/mol. The van der Waals surface area contributed by atoms with Crippen LogP contribution < -0.4 is 10.2 Å². The maximum atomic E-state index is 12.6. The topological polar surface area (TPSA) is 49.4 Å². The summed E-state index contributed by atoms with van der Waals surface area (Å²) in [5.41, 5.74) is -0.0935. The fraction of sp³-hybridized carbons (Fsp3) is 0.333. The van der Waals surface area contributed by atoms with E-state index in [2.05, 4.69) is 5.32 Å². The summed E-state index contributed by atoms with van der Waals surface area (Å²) >= 11 is 1.66. The van der Waals surface area contributed by atoms with Crippen LogP contribution in [0.3, 0.4) is 0 Å². The summed E-state index contributed by atoms with van der Waals surface area (Å²) in [6.45, 7) is 5.21. The van der Waals surface area contributed by atoms with Crippen molar-refractivity contribution in [3.8, 4) is 0 Å². The van der Waals surface area contributed by atoms with Gasteiger partial charge in [-0.25, -0.2) is 0 Å².